The third-order valence-electron chi connectivity index (χ3n) is 3.76. The van der Waals surface area contributed by atoms with E-state index >= 15 is 0 Å². The summed E-state index contributed by atoms with van der Waals surface area (Å²) in [4.78, 5) is 10.8. The fourth-order valence-electron chi connectivity index (χ4n) is 2.79. The molecule has 0 saturated heterocycles. The Kier molecular flexibility index (Phi) is 3.33. The van der Waals surface area contributed by atoms with Crippen LogP contribution in [0, 0.1) is 11.6 Å². The molecule has 0 fully saturated rings. The summed E-state index contributed by atoms with van der Waals surface area (Å²) < 4.78 is 27.1. The van der Waals surface area contributed by atoms with Crippen LogP contribution in [0.1, 0.15) is 23.6 Å². The van der Waals surface area contributed by atoms with Crippen molar-refractivity contribution in [1.82, 2.24) is 5.32 Å². The van der Waals surface area contributed by atoms with Crippen LogP contribution >= 0.6 is 0 Å². The zero-order chi connectivity index (χ0) is 15.0. The van der Waals surface area contributed by atoms with E-state index in [-0.39, 0.29) is 11.6 Å². The Morgan fingerprint density at radius 1 is 1.19 bits per heavy atom. The molecule has 1 aliphatic carbocycles. The summed E-state index contributed by atoms with van der Waals surface area (Å²) in [5.41, 5.74) is 2.59. The second-order valence-corrected chi connectivity index (χ2v) is 5.08. The zero-order valence-electron chi connectivity index (χ0n) is 11.1. The van der Waals surface area contributed by atoms with Crippen molar-refractivity contribution in [1.29, 1.82) is 0 Å². The maximum absolute atomic E-state index is 13.8. The lowest BCUT2D eigenvalue weighted by atomic mass is 9.99. The predicted molar refractivity (Wildman–Crippen MR) is 74.0 cm³/mol. The van der Waals surface area contributed by atoms with Gasteiger partial charge < -0.3 is 10.4 Å². The standard InChI is InChI=1S/C16H13F2NO2/c17-11-4-5-14(18)12(8-11)10-2-1-9-3-6-15(13(9)7-10)19-16(20)21/h1-2,4-5,7-8,15,19H,3,6H2,(H,20,21). The van der Waals surface area contributed by atoms with Crippen molar-refractivity contribution in [3.8, 4) is 11.1 Å². The summed E-state index contributed by atoms with van der Waals surface area (Å²) in [6, 6.07) is 8.32. The Bertz CT molecular complexity index is 715. The largest absolute Gasteiger partial charge is 0.465 e. The molecule has 1 aliphatic rings. The van der Waals surface area contributed by atoms with Gasteiger partial charge in [-0.2, -0.15) is 0 Å². The van der Waals surface area contributed by atoms with Crippen LogP contribution in [0.2, 0.25) is 0 Å². The second-order valence-electron chi connectivity index (χ2n) is 5.08. The Hall–Kier alpha value is -2.43. The average molecular weight is 289 g/mol. The van der Waals surface area contributed by atoms with Crippen LogP contribution in [0.4, 0.5) is 13.6 Å². The molecule has 2 N–H and O–H groups in total. The summed E-state index contributed by atoms with van der Waals surface area (Å²) in [7, 11) is 0. The van der Waals surface area contributed by atoms with Crippen molar-refractivity contribution in [2.24, 2.45) is 0 Å². The van der Waals surface area contributed by atoms with Gasteiger partial charge in [0.1, 0.15) is 11.6 Å². The summed E-state index contributed by atoms with van der Waals surface area (Å²) in [5.74, 6) is -1.01. The molecule has 2 aromatic carbocycles. The van der Waals surface area contributed by atoms with Gasteiger partial charge in [0.05, 0.1) is 6.04 Å². The van der Waals surface area contributed by atoms with Crippen molar-refractivity contribution in [3.05, 3.63) is 59.2 Å². The van der Waals surface area contributed by atoms with Gasteiger partial charge in [0.2, 0.25) is 0 Å². The molecule has 108 valence electrons. The molecule has 0 heterocycles. The van der Waals surface area contributed by atoms with Crippen LogP contribution in [0.3, 0.4) is 0 Å². The van der Waals surface area contributed by atoms with Crippen molar-refractivity contribution < 1.29 is 18.7 Å². The minimum Gasteiger partial charge on any atom is -0.465 e. The van der Waals surface area contributed by atoms with Gasteiger partial charge in [0, 0.05) is 5.56 Å². The van der Waals surface area contributed by atoms with Crippen LogP contribution in [0.5, 0.6) is 0 Å². The first kappa shape index (κ1) is 13.5. The number of fused-ring (bicyclic) bond motifs is 1. The van der Waals surface area contributed by atoms with Crippen LogP contribution in [0.25, 0.3) is 11.1 Å². The van der Waals surface area contributed by atoms with Gasteiger partial charge in [-0.3, -0.25) is 0 Å². The molecule has 0 aliphatic heterocycles. The summed E-state index contributed by atoms with van der Waals surface area (Å²) in [6.07, 6.45) is 0.360. The first-order chi connectivity index (χ1) is 10.0. The van der Waals surface area contributed by atoms with E-state index in [1.807, 2.05) is 6.07 Å². The molecule has 0 saturated carbocycles. The van der Waals surface area contributed by atoms with E-state index in [2.05, 4.69) is 5.32 Å². The SMILES string of the molecule is O=C(O)NC1CCc2ccc(-c3cc(F)ccc3F)cc21. The van der Waals surface area contributed by atoms with E-state index in [4.69, 9.17) is 5.11 Å². The van der Waals surface area contributed by atoms with Gasteiger partial charge in [-0.1, -0.05) is 12.1 Å². The highest BCUT2D eigenvalue weighted by atomic mass is 19.1. The van der Waals surface area contributed by atoms with E-state index in [1.54, 1.807) is 12.1 Å². The van der Waals surface area contributed by atoms with E-state index in [0.717, 1.165) is 35.7 Å². The van der Waals surface area contributed by atoms with Crippen molar-refractivity contribution in [2.75, 3.05) is 0 Å². The van der Waals surface area contributed by atoms with Crippen LogP contribution in [0.15, 0.2) is 36.4 Å². The molecule has 5 heteroatoms. The van der Waals surface area contributed by atoms with Crippen molar-refractivity contribution in [3.63, 3.8) is 0 Å². The number of nitrogens with one attached hydrogen (secondary N) is 1. The molecule has 0 aromatic heterocycles. The molecule has 21 heavy (non-hydrogen) atoms. The molecule has 2 aromatic rings. The highest BCUT2D eigenvalue weighted by Crippen LogP contribution is 2.35. The topological polar surface area (TPSA) is 49.3 Å². The Morgan fingerprint density at radius 2 is 2.00 bits per heavy atom. The van der Waals surface area contributed by atoms with Gasteiger partial charge in [0.15, 0.2) is 0 Å². The smallest absolute Gasteiger partial charge is 0.405 e. The highest BCUT2D eigenvalue weighted by Gasteiger charge is 2.24. The lowest BCUT2D eigenvalue weighted by Crippen LogP contribution is -2.24. The van der Waals surface area contributed by atoms with Gasteiger partial charge >= 0.3 is 6.09 Å². The Balaban J connectivity index is 2.03. The molecule has 0 bridgehead atoms. The summed E-state index contributed by atoms with van der Waals surface area (Å²) in [6.45, 7) is 0. The molecule has 1 unspecified atom stereocenters. The number of benzene rings is 2. The van der Waals surface area contributed by atoms with Crippen LogP contribution < -0.4 is 5.32 Å². The number of carboxylic acid groups (broad SMARTS) is 1. The summed E-state index contributed by atoms with van der Waals surface area (Å²) in [5, 5.41) is 11.3. The molecule has 0 radical (unpaired) electrons. The lowest BCUT2D eigenvalue weighted by Gasteiger charge is -2.13. The second kappa shape index (κ2) is 5.16. The van der Waals surface area contributed by atoms with E-state index in [0.29, 0.717) is 12.0 Å². The van der Waals surface area contributed by atoms with Gasteiger partial charge in [-0.15, -0.1) is 0 Å². The van der Waals surface area contributed by atoms with E-state index in [9.17, 15) is 13.6 Å². The normalized spacial score (nSPS) is 16.6. The number of halogens is 2. The van der Waals surface area contributed by atoms with Crippen molar-refractivity contribution >= 4 is 6.09 Å². The third kappa shape index (κ3) is 2.59. The Morgan fingerprint density at radius 3 is 2.76 bits per heavy atom. The van der Waals surface area contributed by atoms with E-state index < -0.39 is 17.7 Å². The lowest BCUT2D eigenvalue weighted by molar-refractivity contribution is 0.190. The molecule has 3 rings (SSSR count). The first-order valence-electron chi connectivity index (χ1n) is 6.62. The van der Waals surface area contributed by atoms with Gasteiger partial charge in [-0.25, -0.2) is 13.6 Å². The third-order valence-corrected chi connectivity index (χ3v) is 3.76. The zero-order valence-corrected chi connectivity index (χ0v) is 11.1. The molecule has 0 spiro atoms. The summed E-state index contributed by atoms with van der Waals surface area (Å²) >= 11 is 0. The minimum absolute atomic E-state index is 0.179. The van der Waals surface area contributed by atoms with Crippen LogP contribution in [-0.2, 0) is 6.42 Å². The van der Waals surface area contributed by atoms with Gasteiger partial charge in [-0.05, 0) is 53.8 Å². The van der Waals surface area contributed by atoms with E-state index in [1.165, 1.54) is 0 Å². The first-order valence-corrected chi connectivity index (χ1v) is 6.62. The maximum atomic E-state index is 13.8. The molecular weight excluding hydrogens is 276 g/mol. The highest BCUT2D eigenvalue weighted by molar-refractivity contribution is 5.68. The van der Waals surface area contributed by atoms with Crippen LogP contribution in [-0.4, -0.2) is 11.2 Å². The van der Waals surface area contributed by atoms with Gasteiger partial charge in [0.25, 0.3) is 0 Å². The number of amides is 1. The number of aryl methyl sites for hydroxylation is 1. The van der Waals surface area contributed by atoms with Crippen molar-refractivity contribution in [2.45, 2.75) is 18.9 Å². The number of rotatable bonds is 2. The number of carbonyl (C=O) groups is 1. The molecule has 3 nitrogen and oxygen atoms in total. The Labute approximate surface area is 120 Å². The minimum atomic E-state index is -1.09. The quantitative estimate of drug-likeness (QED) is 0.881. The number of hydrogen-bond acceptors (Lipinski definition) is 1. The fourth-order valence-corrected chi connectivity index (χ4v) is 2.79. The predicted octanol–water partition coefficient (Wildman–Crippen LogP) is 3.89. The molecular formula is C16H13F2NO2. The average Bonchev–Trinajstić information content (AvgIpc) is 2.83. The molecule has 1 atom stereocenters. The number of hydrogen-bond donors (Lipinski definition) is 2. The monoisotopic (exact) mass is 289 g/mol. The maximum Gasteiger partial charge on any atom is 0.405 e. The fraction of sp³-hybridized carbons (Fsp3) is 0.188. The molecule has 1 amide bonds.